The van der Waals surface area contributed by atoms with Crippen molar-refractivity contribution in [3.05, 3.63) is 46.5 Å². The van der Waals surface area contributed by atoms with Gasteiger partial charge in [-0.3, -0.25) is 4.55 Å². The van der Waals surface area contributed by atoms with E-state index in [2.05, 4.69) is 6.58 Å². The summed E-state index contributed by atoms with van der Waals surface area (Å²) >= 11 is 11.9. The van der Waals surface area contributed by atoms with E-state index >= 15 is 0 Å². The van der Waals surface area contributed by atoms with E-state index in [4.69, 9.17) is 23.2 Å². The first-order valence-electron chi connectivity index (χ1n) is 4.86. The Morgan fingerprint density at radius 3 is 2.39 bits per heavy atom. The van der Waals surface area contributed by atoms with Crippen LogP contribution in [0.4, 0.5) is 0 Å². The molecule has 0 heterocycles. The second kappa shape index (κ2) is 4.55. The maximum absolute atomic E-state index is 11.3. The summed E-state index contributed by atoms with van der Waals surface area (Å²) in [6.45, 7) is 3.62. The first-order valence-corrected chi connectivity index (χ1v) is 7.06. The smallest absolute Gasteiger partial charge is 0.282 e. The molecule has 0 saturated heterocycles. The Hall–Kier alpha value is -1.07. The van der Waals surface area contributed by atoms with Crippen LogP contribution in [0, 0.1) is 0 Å². The Balaban J connectivity index is 3.06. The summed E-state index contributed by atoms with van der Waals surface area (Å²) in [4.78, 5) is -0.246. The minimum atomic E-state index is -4.35. The largest absolute Gasteiger partial charge is 0.295 e. The highest BCUT2D eigenvalue weighted by atomic mass is 35.5. The van der Waals surface area contributed by atoms with Gasteiger partial charge in [-0.05, 0) is 23.6 Å². The van der Waals surface area contributed by atoms with Gasteiger partial charge in [0.2, 0.25) is 0 Å². The third kappa shape index (κ3) is 2.24. The van der Waals surface area contributed by atoms with Gasteiger partial charge in [-0.25, -0.2) is 0 Å². The molecule has 2 aromatic rings. The molecule has 0 radical (unpaired) electrons. The topological polar surface area (TPSA) is 54.4 Å². The monoisotopic (exact) mass is 302 g/mol. The molecule has 0 atom stereocenters. The Morgan fingerprint density at radius 2 is 1.83 bits per heavy atom. The van der Waals surface area contributed by atoms with Gasteiger partial charge in [-0.2, -0.15) is 8.42 Å². The van der Waals surface area contributed by atoms with Gasteiger partial charge >= 0.3 is 0 Å². The lowest BCUT2D eigenvalue weighted by Gasteiger charge is -2.09. The van der Waals surface area contributed by atoms with Crippen molar-refractivity contribution >= 4 is 50.2 Å². The van der Waals surface area contributed by atoms with E-state index in [0.717, 1.165) is 0 Å². The van der Waals surface area contributed by atoms with Gasteiger partial charge in [0, 0.05) is 21.0 Å². The zero-order valence-electron chi connectivity index (χ0n) is 9.02. The third-order valence-corrected chi connectivity index (χ3v) is 3.98. The second-order valence-electron chi connectivity index (χ2n) is 3.64. The Bertz CT molecular complexity index is 751. The van der Waals surface area contributed by atoms with E-state index in [1.54, 1.807) is 12.1 Å². The highest BCUT2D eigenvalue weighted by Crippen LogP contribution is 2.34. The minimum Gasteiger partial charge on any atom is -0.282 e. The summed E-state index contributed by atoms with van der Waals surface area (Å²) < 4.78 is 31.8. The fourth-order valence-corrected chi connectivity index (χ4v) is 3.02. The summed E-state index contributed by atoms with van der Waals surface area (Å²) in [5.74, 6) is 0. The molecule has 0 aliphatic carbocycles. The number of fused-ring (bicyclic) bond motifs is 1. The molecule has 1 N–H and O–H groups in total. The van der Waals surface area contributed by atoms with Crippen LogP contribution in [0.25, 0.3) is 16.8 Å². The van der Waals surface area contributed by atoms with Crippen molar-refractivity contribution in [1.29, 1.82) is 0 Å². The van der Waals surface area contributed by atoms with Crippen LogP contribution in [-0.2, 0) is 10.1 Å². The highest BCUT2D eigenvalue weighted by molar-refractivity contribution is 7.86. The fraction of sp³-hybridized carbons (Fsp3) is 0. The molecular formula is C12H8Cl2O3S. The van der Waals surface area contributed by atoms with Gasteiger partial charge in [0.05, 0.1) is 0 Å². The molecule has 0 saturated carbocycles. The molecule has 0 aliphatic heterocycles. The van der Waals surface area contributed by atoms with Crippen molar-refractivity contribution in [3.8, 4) is 0 Å². The molecule has 0 amide bonds. The zero-order valence-corrected chi connectivity index (χ0v) is 11.4. The van der Waals surface area contributed by atoms with Gasteiger partial charge in [0.15, 0.2) is 0 Å². The van der Waals surface area contributed by atoms with E-state index < -0.39 is 10.1 Å². The van der Waals surface area contributed by atoms with Crippen molar-refractivity contribution < 1.29 is 13.0 Å². The number of hydrogen-bond acceptors (Lipinski definition) is 2. The first-order chi connectivity index (χ1) is 8.34. The number of rotatable bonds is 2. The van der Waals surface area contributed by atoms with Gasteiger partial charge in [-0.1, -0.05) is 41.9 Å². The molecule has 0 spiro atoms. The molecule has 0 fully saturated rings. The van der Waals surface area contributed by atoms with Gasteiger partial charge in [0.1, 0.15) is 4.90 Å². The summed E-state index contributed by atoms with van der Waals surface area (Å²) in [6, 6.07) is 5.84. The SMILES string of the molecule is C=Cc1c(Cl)cc(S(=O)(=O)O)c2ccc(Cl)cc12. The van der Waals surface area contributed by atoms with Crippen LogP contribution in [0.2, 0.25) is 10.0 Å². The molecule has 0 aromatic heterocycles. The Kier molecular flexibility index (Phi) is 3.38. The van der Waals surface area contributed by atoms with Gasteiger partial charge in [0.25, 0.3) is 10.1 Å². The number of hydrogen-bond donors (Lipinski definition) is 1. The summed E-state index contributed by atoms with van der Waals surface area (Å²) in [5.41, 5.74) is 0.571. The van der Waals surface area contributed by atoms with Crippen LogP contribution in [0.3, 0.4) is 0 Å². The van der Waals surface area contributed by atoms with Crippen molar-refractivity contribution in [1.82, 2.24) is 0 Å². The normalized spacial score (nSPS) is 11.7. The van der Waals surface area contributed by atoms with Crippen LogP contribution < -0.4 is 0 Å². The third-order valence-electron chi connectivity index (χ3n) is 2.53. The maximum Gasteiger partial charge on any atom is 0.295 e. The van der Waals surface area contributed by atoms with Gasteiger partial charge < -0.3 is 0 Å². The van der Waals surface area contributed by atoms with E-state index in [-0.39, 0.29) is 9.92 Å². The van der Waals surface area contributed by atoms with Crippen molar-refractivity contribution in [2.75, 3.05) is 0 Å². The molecule has 6 heteroatoms. The average Bonchev–Trinajstić information content (AvgIpc) is 2.26. The summed E-state index contributed by atoms with van der Waals surface area (Å²) in [5, 5.41) is 1.50. The summed E-state index contributed by atoms with van der Waals surface area (Å²) in [7, 11) is -4.35. The van der Waals surface area contributed by atoms with Crippen LogP contribution >= 0.6 is 23.2 Å². The quantitative estimate of drug-likeness (QED) is 0.852. The Morgan fingerprint density at radius 1 is 1.17 bits per heavy atom. The zero-order chi connectivity index (χ0) is 13.5. The highest BCUT2D eigenvalue weighted by Gasteiger charge is 2.18. The van der Waals surface area contributed by atoms with Crippen LogP contribution in [0.5, 0.6) is 0 Å². The van der Waals surface area contributed by atoms with E-state index in [0.29, 0.717) is 21.4 Å². The Labute approximate surface area is 114 Å². The minimum absolute atomic E-state index is 0.187. The second-order valence-corrected chi connectivity index (χ2v) is 5.87. The first kappa shape index (κ1) is 13.4. The molecule has 2 aromatic carbocycles. The molecule has 0 unspecified atom stereocenters. The lowest BCUT2D eigenvalue weighted by atomic mass is 10.0. The number of benzene rings is 2. The van der Waals surface area contributed by atoms with Crippen molar-refractivity contribution in [2.45, 2.75) is 4.90 Å². The summed E-state index contributed by atoms with van der Waals surface area (Å²) in [6.07, 6.45) is 1.51. The molecule has 3 nitrogen and oxygen atoms in total. The maximum atomic E-state index is 11.3. The van der Waals surface area contributed by atoms with E-state index in [1.807, 2.05) is 0 Å². The molecule has 18 heavy (non-hydrogen) atoms. The molecule has 0 aliphatic rings. The molecular weight excluding hydrogens is 295 g/mol. The van der Waals surface area contributed by atoms with Gasteiger partial charge in [-0.15, -0.1) is 0 Å². The fourth-order valence-electron chi connectivity index (χ4n) is 1.77. The standard InChI is InChI=1S/C12H8Cl2O3S/c1-2-8-10-5-7(13)3-4-9(10)12(6-11(8)14)18(15,16)17/h2-6H,1H2,(H,15,16,17). The van der Waals surface area contributed by atoms with E-state index in [9.17, 15) is 13.0 Å². The van der Waals surface area contributed by atoms with Crippen molar-refractivity contribution in [3.63, 3.8) is 0 Å². The van der Waals surface area contributed by atoms with Crippen LogP contribution in [0.1, 0.15) is 5.56 Å². The van der Waals surface area contributed by atoms with Crippen LogP contribution in [0.15, 0.2) is 35.7 Å². The average molecular weight is 303 g/mol. The van der Waals surface area contributed by atoms with Crippen molar-refractivity contribution in [2.24, 2.45) is 0 Å². The molecule has 0 bridgehead atoms. The lowest BCUT2D eigenvalue weighted by molar-refractivity contribution is 0.484. The molecule has 94 valence electrons. The van der Waals surface area contributed by atoms with Crippen LogP contribution in [-0.4, -0.2) is 13.0 Å². The predicted molar refractivity (Wildman–Crippen MR) is 73.9 cm³/mol. The van der Waals surface area contributed by atoms with E-state index in [1.165, 1.54) is 18.2 Å². The lowest BCUT2D eigenvalue weighted by Crippen LogP contribution is -2.00. The number of halogens is 2. The molecule has 2 rings (SSSR count). The predicted octanol–water partition coefficient (Wildman–Crippen LogP) is 4.04.